The minimum Gasteiger partial charge on any atom is -0.313 e. The average molecular weight is 211 g/mol. The Bertz CT molecular complexity index is 187. The van der Waals surface area contributed by atoms with Gasteiger partial charge in [-0.05, 0) is 26.4 Å². The standard InChI is InChI=1S/C12H25N3/c1-3-13-11-5-4-6-12(11)15-9-7-14(2)8-10-15/h11-13H,3-10H2,1-2H3. The number of hydrogen-bond donors (Lipinski definition) is 1. The summed E-state index contributed by atoms with van der Waals surface area (Å²) in [4.78, 5) is 5.15. The molecule has 1 saturated carbocycles. The summed E-state index contributed by atoms with van der Waals surface area (Å²) in [6, 6.07) is 1.58. The van der Waals surface area contributed by atoms with Gasteiger partial charge in [0.1, 0.15) is 0 Å². The molecule has 2 atom stereocenters. The minimum atomic E-state index is 0.762. The highest BCUT2D eigenvalue weighted by Crippen LogP contribution is 2.24. The van der Waals surface area contributed by atoms with Crippen molar-refractivity contribution < 1.29 is 0 Å². The van der Waals surface area contributed by atoms with E-state index >= 15 is 0 Å². The van der Waals surface area contributed by atoms with E-state index < -0.39 is 0 Å². The van der Waals surface area contributed by atoms with Gasteiger partial charge in [-0.1, -0.05) is 13.3 Å². The summed E-state index contributed by atoms with van der Waals surface area (Å²) in [5.74, 6) is 0. The number of hydrogen-bond acceptors (Lipinski definition) is 3. The van der Waals surface area contributed by atoms with Gasteiger partial charge in [0.05, 0.1) is 0 Å². The molecule has 0 aromatic heterocycles. The van der Waals surface area contributed by atoms with Crippen molar-refractivity contribution in [1.82, 2.24) is 15.1 Å². The smallest absolute Gasteiger partial charge is 0.0250 e. The van der Waals surface area contributed by atoms with Crippen LogP contribution < -0.4 is 5.32 Å². The fourth-order valence-corrected chi connectivity index (χ4v) is 3.03. The number of piperazine rings is 1. The van der Waals surface area contributed by atoms with Gasteiger partial charge in [-0.25, -0.2) is 0 Å². The molecule has 2 rings (SSSR count). The van der Waals surface area contributed by atoms with Crippen LogP contribution >= 0.6 is 0 Å². The molecule has 2 fully saturated rings. The van der Waals surface area contributed by atoms with E-state index in [0.29, 0.717) is 0 Å². The zero-order valence-electron chi connectivity index (χ0n) is 10.2. The summed E-state index contributed by atoms with van der Waals surface area (Å²) in [5.41, 5.74) is 0. The summed E-state index contributed by atoms with van der Waals surface area (Å²) < 4.78 is 0. The van der Waals surface area contributed by atoms with Crippen LogP contribution in [0.5, 0.6) is 0 Å². The Morgan fingerprint density at radius 3 is 2.53 bits per heavy atom. The van der Waals surface area contributed by atoms with E-state index in [2.05, 4.69) is 29.1 Å². The Balaban J connectivity index is 1.86. The summed E-state index contributed by atoms with van der Waals surface area (Å²) in [6.45, 7) is 8.37. The van der Waals surface area contributed by atoms with Crippen molar-refractivity contribution in [3.05, 3.63) is 0 Å². The Hall–Kier alpha value is -0.120. The Morgan fingerprint density at radius 2 is 1.87 bits per heavy atom. The molecule has 0 aromatic rings. The van der Waals surface area contributed by atoms with Crippen LogP contribution in [0.15, 0.2) is 0 Å². The minimum absolute atomic E-state index is 0.762. The van der Waals surface area contributed by atoms with Gasteiger partial charge in [0.2, 0.25) is 0 Å². The van der Waals surface area contributed by atoms with Gasteiger partial charge in [-0.2, -0.15) is 0 Å². The summed E-state index contributed by atoms with van der Waals surface area (Å²) in [5, 5.41) is 3.65. The molecular formula is C12H25N3. The lowest BCUT2D eigenvalue weighted by Gasteiger charge is -2.39. The first-order valence-corrected chi connectivity index (χ1v) is 6.47. The van der Waals surface area contributed by atoms with E-state index in [1.807, 2.05) is 0 Å². The molecule has 3 nitrogen and oxygen atoms in total. The van der Waals surface area contributed by atoms with Crippen LogP contribution in [0, 0.1) is 0 Å². The van der Waals surface area contributed by atoms with Crippen LogP contribution in [0.2, 0.25) is 0 Å². The first kappa shape index (κ1) is 11.4. The number of rotatable bonds is 3. The van der Waals surface area contributed by atoms with Crippen LogP contribution in [-0.4, -0.2) is 61.7 Å². The molecule has 3 heteroatoms. The van der Waals surface area contributed by atoms with Crippen LogP contribution in [-0.2, 0) is 0 Å². The van der Waals surface area contributed by atoms with Crippen LogP contribution in [0.25, 0.3) is 0 Å². The van der Waals surface area contributed by atoms with Crippen molar-refractivity contribution in [3.63, 3.8) is 0 Å². The second kappa shape index (κ2) is 5.28. The number of likely N-dealkylation sites (N-methyl/N-ethyl adjacent to an activating group) is 2. The second-order valence-electron chi connectivity index (χ2n) is 5.00. The normalized spacial score (nSPS) is 34.8. The maximum atomic E-state index is 3.65. The molecule has 0 aromatic carbocycles. The van der Waals surface area contributed by atoms with E-state index in [-0.39, 0.29) is 0 Å². The van der Waals surface area contributed by atoms with E-state index in [1.54, 1.807) is 0 Å². The molecule has 0 amide bonds. The van der Waals surface area contributed by atoms with Gasteiger partial charge >= 0.3 is 0 Å². The van der Waals surface area contributed by atoms with Crippen molar-refractivity contribution in [2.45, 2.75) is 38.3 Å². The lowest BCUT2D eigenvalue weighted by atomic mass is 10.1. The average Bonchev–Trinajstić information content (AvgIpc) is 2.68. The van der Waals surface area contributed by atoms with Gasteiger partial charge < -0.3 is 10.2 Å². The molecule has 0 spiro atoms. The molecule has 1 saturated heterocycles. The maximum Gasteiger partial charge on any atom is 0.0250 e. The lowest BCUT2D eigenvalue weighted by Crippen LogP contribution is -2.53. The molecule has 15 heavy (non-hydrogen) atoms. The van der Waals surface area contributed by atoms with E-state index in [4.69, 9.17) is 0 Å². The van der Waals surface area contributed by atoms with E-state index in [9.17, 15) is 0 Å². The first-order valence-electron chi connectivity index (χ1n) is 6.47. The third-order valence-corrected chi connectivity index (χ3v) is 3.95. The van der Waals surface area contributed by atoms with Crippen LogP contribution in [0.4, 0.5) is 0 Å². The zero-order valence-corrected chi connectivity index (χ0v) is 10.2. The fraction of sp³-hybridized carbons (Fsp3) is 1.00. The van der Waals surface area contributed by atoms with E-state index in [0.717, 1.165) is 18.6 Å². The Kier molecular flexibility index (Phi) is 4.00. The molecule has 1 heterocycles. The lowest BCUT2D eigenvalue weighted by molar-refractivity contribution is 0.101. The van der Waals surface area contributed by atoms with Crippen LogP contribution in [0.1, 0.15) is 26.2 Å². The molecule has 88 valence electrons. The molecule has 0 radical (unpaired) electrons. The van der Waals surface area contributed by atoms with E-state index in [1.165, 1.54) is 45.4 Å². The number of nitrogens with one attached hydrogen (secondary N) is 1. The highest BCUT2D eigenvalue weighted by atomic mass is 15.3. The highest BCUT2D eigenvalue weighted by molar-refractivity contribution is 4.91. The molecule has 1 N–H and O–H groups in total. The van der Waals surface area contributed by atoms with Crippen molar-refractivity contribution in [1.29, 1.82) is 0 Å². The highest BCUT2D eigenvalue weighted by Gasteiger charge is 2.32. The molecular weight excluding hydrogens is 186 g/mol. The SMILES string of the molecule is CCNC1CCCC1N1CCN(C)CC1. The predicted molar refractivity (Wildman–Crippen MR) is 64.2 cm³/mol. The van der Waals surface area contributed by atoms with Gasteiger partial charge in [-0.15, -0.1) is 0 Å². The third kappa shape index (κ3) is 2.71. The van der Waals surface area contributed by atoms with Gasteiger partial charge in [0.25, 0.3) is 0 Å². The van der Waals surface area contributed by atoms with Gasteiger partial charge in [0, 0.05) is 38.3 Å². The first-order chi connectivity index (χ1) is 7.31. The van der Waals surface area contributed by atoms with Gasteiger partial charge in [0.15, 0.2) is 0 Å². The predicted octanol–water partition coefficient (Wildman–Crippen LogP) is 0.764. The van der Waals surface area contributed by atoms with Crippen LogP contribution in [0.3, 0.4) is 0 Å². The monoisotopic (exact) mass is 211 g/mol. The third-order valence-electron chi connectivity index (χ3n) is 3.95. The largest absolute Gasteiger partial charge is 0.313 e. The fourth-order valence-electron chi connectivity index (χ4n) is 3.03. The van der Waals surface area contributed by atoms with Crippen molar-refractivity contribution >= 4 is 0 Å². The summed E-state index contributed by atoms with van der Waals surface area (Å²) in [7, 11) is 2.23. The Morgan fingerprint density at radius 1 is 1.13 bits per heavy atom. The Labute approximate surface area is 93.8 Å². The topological polar surface area (TPSA) is 18.5 Å². The van der Waals surface area contributed by atoms with Crippen molar-refractivity contribution in [3.8, 4) is 0 Å². The van der Waals surface area contributed by atoms with Crippen molar-refractivity contribution in [2.24, 2.45) is 0 Å². The molecule has 1 aliphatic heterocycles. The second-order valence-corrected chi connectivity index (χ2v) is 5.00. The van der Waals surface area contributed by atoms with Crippen molar-refractivity contribution in [2.75, 3.05) is 39.8 Å². The molecule has 2 unspecified atom stereocenters. The number of nitrogens with zero attached hydrogens (tertiary/aromatic N) is 2. The summed E-state index contributed by atoms with van der Waals surface area (Å²) >= 11 is 0. The maximum absolute atomic E-state index is 3.65. The molecule has 2 aliphatic rings. The molecule has 1 aliphatic carbocycles. The zero-order chi connectivity index (χ0) is 10.7. The van der Waals surface area contributed by atoms with Gasteiger partial charge in [-0.3, -0.25) is 4.90 Å². The summed E-state index contributed by atoms with van der Waals surface area (Å²) in [6.07, 6.45) is 4.20. The molecule has 0 bridgehead atoms. The quantitative estimate of drug-likeness (QED) is 0.744.